The van der Waals surface area contributed by atoms with E-state index >= 15 is 0 Å². The molecule has 84 valence electrons. The van der Waals surface area contributed by atoms with Crippen LogP contribution < -0.4 is 10.6 Å². The minimum Gasteiger partial charge on any atom is -0.329 e. The normalized spacial score (nSPS) is 31.9. The average Bonchev–Trinajstić information content (AvgIpc) is 2.50. The summed E-state index contributed by atoms with van der Waals surface area (Å²) in [5.41, 5.74) is 0. The first-order chi connectivity index (χ1) is 7.16. The summed E-state index contributed by atoms with van der Waals surface area (Å²) < 4.78 is 0. The van der Waals surface area contributed by atoms with E-state index in [1.807, 2.05) is 0 Å². The lowest BCUT2D eigenvalue weighted by molar-refractivity contribution is -0.125. The molecule has 0 spiro atoms. The Morgan fingerprint density at radius 3 is 2.80 bits per heavy atom. The molecule has 3 amide bonds. The van der Waals surface area contributed by atoms with Crippen molar-refractivity contribution in [2.45, 2.75) is 38.3 Å². The number of urea groups is 1. The van der Waals surface area contributed by atoms with Gasteiger partial charge >= 0.3 is 6.03 Å². The summed E-state index contributed by atoms with van der Waals surface area (Å²) in [5, 5.41) is 5.94. The van der Waals surface area contributed by atoms with Crippen molar-refractivity contribution in [3.05, 3.63) is 0 Å². The summed E-state index contributed by atoms with van der Waals surface area (Å²) >= 11 is 0. The van der Waals surface area contributed by atoms with Crippen LogP contribution in [-0.2, 0) is 4.79 Å². The van der Waals surface area contributed by atoms with E-state index in [1.54, 1.807) is 0 Å². The number of nitrogens with zero attached hydrogens (tertiary/aromatic N) is 1. The zero-order valence-electron chi connectivity index (χ0n) is 8.95. The highest BCUT2D eigenvalue weighted by Gasteiger charge is 2.31. The number of carbonyl (C=O) groups is 2. The number of amides is 3. The Balaban J connectivity index is 1.90. The molecule has 2 unspecified atom stereocenters. The average molecular weight is 211 g/mol. The third kappa shape index (κ3) is 2.28. The minimum atomic E-state index is -0.250. The lowest BCUT2D eigenvalue weighted by Crippen LogP contribution is -2.49. The van der Waals surface area contributed by atoms with Gasteiger partial charge in [-0.3, -0.25) is 9.69 Å². The summed E-state index contributed by atoms with van der Waals surface area (Å²) in [6.45, 7) is 2.80. The second-order valence-corrected chi connectivity index (χ2v) is 4.36. The molecule has 5 heteroatoms. The number of carbonyl (C=O) groups excluding carboxylic acids is 2. The van der Waals surface area contributed by atoms with Crippen molar-refractivity contribution in [3.63, 3.8) is 0 Å². The van der Waals surface area contributed by atoms with Crippen molar-refractivity contribution in [1.82, 2.24) is 15.5 Å². The van der Waals surface area contributed by atoms with E-state index in [4.69, 9.17) is 0 Å². The van der Waals surface area contributed by atoms with Crippen LogP contribution in [0.1, 0.15) is 26.2 Å². The third-order valence-electron chi connectivity index (χ3n) is 3.05. The standard InChI is InChI=1S/C10H17N3O2/c1-7-3-2-4-8(12-7)6-13-9(14)5-11-10(13)15/h7-8,12H,2-6H2,1H3,(H,11,15). The van der Waals surface area contributed by atoms with Gasteiger partial charge in [-0.1, -0.05) is 6.42 Å². The Labute approximate surface area is 89.2 Å². The van der Waals surface area contributed by atoms with Crippen molar-refractivity contribution >= 4 is 11.9 Å². The fraction of sp³-hybridized carbons (Fsp3) is 0.800. The second-order valence-electron chi connectivity index (χ2n) is 4.36. The van der Waals surface area contributed by atoms with Crippen molar-refractivity contribution in [1.29, 1.82) is 0 Å². The van der Waals surface area contributed by atoms with Crippen LogP contribution in [0.25, 0.3) is 0 Å². The van der Waals surface area contributed by atoms with Crippen LogP contribution in [0.4, 0.5) is 4.79 Å². The van der Waals surface area contributed by atoms with Gasteiger partial charge < -0.3 is 10.6 Å². The van der Waals surface area contributed by atoms with Crippen LogP contribution >= 0.6 is 0 Å². The van der Waals surface area contributed by atoms with Gasteiger partial charge in [0.15, 0.2) is 0 Å². The Morgan fingerprint density at radius 1 is 1.40 bits per heavy atom. The Morgan fingerprint density at radius 2 is 2.20 bits per heavy atom. The van der Waals surface area contributed by atoms with Crippen LogP contribution in [0.5, 0.6) is 0 Å². The molecule has 2 rings (SSSR count). The van der Waals surface area contributed by atoms with Crippen LogP contribution in [0.3, 0.4) is 0 Å². The fourth-order valence-corrected chi connectivity index (χ4v) is 2.24. The summed E-state index contributed by atoms with van der Waals surface area (Å²) in [6.07, 6.45) is 3.39. The molecule has 2 saturated heterocycles. The molecular weight excluding hydrogens is 194 g/mol. The maximum absolute atomic E-state index is 11.4. The second kappa shape index (κ2) is 4.18. The van der Waals surface area contributed by atoms with E-state index < -0.39 is 0 Å². The molecular formula is C10H17N3O2. The molecule has 5 nitrogen and oxygen atoms in total. The molecule has 2 fully saturated rings. The summed E-state index contributed by atoms with van der Waals surface area (Å²) in [4.78, 5) is 24.0. The molecule has 0 aliphatic carbocycles. The molecule has 2 atom stereocenters. The van der Waals surface area contributed by atoms with Gasteiger partial charge in [-0.2, -0.15) is 0 Å². The first-order valence-electron chi connectivity index (χ1n) is 5.51. The van der Waals surface area contributed by atoms with Crippen LogP contribution in [-0.4, -0.2) is 42.0 Å². The molecule has 0 saturated carbocycles. The van der Waals surface area contributed by atoms with Gasteiger partial charge in [0.25, 0.3) is 0 Å². The number of hydrogen-bond donors (Lipinski definition) is 2. The first kappa shape index (κ1) is 10.4. The Kier molecular flexibility index (Phi) is 2.90. The predicted octanol–water partition coefficient (Wildman–Crippen LogP) is 0.0688. The van der Waals surface area contributed by atoms with E-state index in [9.17, 15) is 9.59 Å². The van der Waals surface area contributed by atoms with Gasteiger partial charge in [0.1, 0.15) is 0 Å². The van der Waals surface area contributed by atoms with Gasteiger partial charge in [-0.15, -0.1) is 0 Å². The fourth-order valence-electron chi connectivity index (χ4n) is 2.24. The van der Waals surface area contributed by atoms with E-state index in [0.717, 1.165) is 6.42 Å². The molecule has 0 bridgehead atoms. The summed E-state index contributed by atoms with van der Waals surface area (Å²) in [5.74, 6) is -0.111. The van der Waals surface area contributed by atoms with E-state index in [-0.39, 0.29) is 24.5 Å². The monoisotopic (exact) mass is 211 g/mol. The zero-order valence-corrected chi connectivity index (χ0v) is 8.95. The van der Waals surface area contributed by atoms with Gasteiger partial charge in [0.2, 0.25) is 5.91 Å². The van der Waals surface area contributed by atoms with Crippen LogP contribution in [0, 0.1) is 0 Å². The van der Waals surface area contributed by atoms with E-state index in [0.29, 0.717) is 12.6 Å². The number of piperidine rings is 1. The van der Waals surface area contributed by atoms with E-state index in [2.05, 4.69) is 17.6 Å². The molecule has 0 aromatic carbocycles. The van der Waals surface area contributed by atoms with Crippen LogP contribution in [0.15, 0.2) is 0 Å². The maximum Gasteiger partial charge on any atom is 0.324 e. The van der Waals surface area contributed by atoms with Crippen molar-refractivity contribution in [2.75, 3.05) is 13.1 Å². The topological polar surface area (TPSA) is 61.4 Å². The Hall–Kier alpha value is -1.10. The molecule has 0 aromatic rings. The number of imide groups is 1. The lowest BCUT2D eigenvalue weighted by atomic mass is 9.99. The highest BCUT2D eigenvalue weighted by molar-refractivity contribution is 6.01. The highest BCUT2D eigenvalue weighted by atomic mass is 16.2. The predicted molar refractivity (Wildman–Crippen MR) is 55.3 cm³/mol. The summed E-state index contributed by atoms with van der Waals surface area (Å²) in [6, 6.07) is 0.506. The maximum atomic E-state index is 11.4. The quantitative estimate of drug-likeness (QED) is 0.635. The molecule has 2 aliphatic heterocycles. The summed E-state index contributed by atoms with van der Waals surface area (Å²) in [7, 11) is 0. The Bertz CT molecular complexity index is 264. The molecule has 2 heterocycles. The largest absolute Gasteiger partial charge is 0.329 e. The van der Waals surface area contributed by atoms with Gasteiger partial charge in [0.05, 0.1) is 6.54 Å². The van der Waals surface area contributed by atoms with Gasteiger partial charge in [-0.25, -0.2) is 4.79 Å². The zero-order chi connectivity index (χ0) is 10.8. The highest BCUT2D eigenvalue weighted by Crippen LogP contribution is 2.14. The third-order valence-corrected chi connectivity index (χ3v) is 3.05. The van der Waals surface area contributed by atoms with Gasteiger partial charge in [-0.05, 0) is 19.8 Å². The van der Waals surface area contributed by atoms with Gasteiger partial charge in [0, 0.05) is 18.6 Å². The van der Waals surface area contributed by atoms with Crippen molar-refractivity contribution in [2.24, 2.45) is 0 Å². The van der Waals surface area contributed by atoms with Crippen molar-refractivity contribution < 1.29 is 9.59 Å². The molecule has 0 aromatic heterocycles. The molecule has 0 radical (unpaired) electrons. The molecule has 2 N–H and O–H groups in total. The smallest absolute Gasteiger partial charge is 0.324 e. The molecule has 15 heavy (non-hydrogen) atoms. The molecule has 2 aliphatic rings. The number of nitrogens with one attached hydrogen (secondary N) is 2. The lowest BCUT2D eigenvalue weighted by Gasteiger charge is -2.30. The van der Waals surface area contributed by atoms with Crippen LogP contribution in [0.2, 0.25) is 0 Å². The SMILES string of the molecule is CC1CCCC(CN2C(=O)CNC2=O)N1. The van der Waals surface area contributed by atoms with Crippen molar-refractivity contribution in [3.8, 4) is 0 Å². The number of rotatable bonds is 2. The number of hydrogen-bond acceptors (Lipinski definition) is 3. The van der Waals surface area contributed by atoms with E-state index in [1.165, 1.54) is 17.7 Å². The first-order valence-corrected chi connectivity index (χ1v) is 5.51. The minimum absolute atomic E-state index is 0.111.